The van der Waals surface area contributed by atoms with Crippen LogP contribution in [0, 0.1) is 0 Å². The second kappa shape index (κ2) is 3.42. The summed E-state index contributed by atoms with van der Waals surface area (Å²) in [5, 5.41) is 53.3. The molecule has 0 aromatic heterocycles. The van der Waals surface area contributed by atoms with Crippen molar-refractivity contribution in [1.29, 1.82) is 0 Å². The second-order valence-electron chi connectivity index (χ2n) is 2.96. The smallest absolute Gasteiger partial charge is 0.335 e. The van der Waals surface area contributed by atoms with Crippen LogP contribution in [-0.2, 0) is 9.53 Å². The fraction of sp³-hybridized carbons (Fsp3) is 0.833. The van der Waals surface area contributed by atoms with E-state index in [0.717, 1.165) is 0 Å². The summed E-state index contributed by atoms with van der Waals surface area (Å²) in [4.78, 5) is 10.4. The number of aliphatic carboxylic acids is 1. The maximum Gasteiger partial charge on any atom is 0.335 e. The third-order valence-corrected chi connectivity index (χ3v) is 1.91. The minimum Gasteiger partial charge on any atom is -0.479 e. The molecular formula is C6H10O8. The molecule has 0 amide bonds. The Bertz CT molecular complexity index is 238. The van der Waals surface area contributed by atoms with E-state index < -0.39 is 36.4 Å². The summed E-state index contributed by atoms with van der Waals surface area (Å²) in [6, 6.07) is 0. The Morgan fingerprint density at radius 2 is 1.64 bits per heavy atom. The van der Waals surface area contributed by atoms with Gasteiger partial charge in [0.25, 0.3) is 0 Å². The van der Waals surface area contributed by atoms with E-state index in [4.69, 9.17) is 30.6 Å². The van der Waals surface area contributed by atoms with Gasteiger partial charge in [0.1, 0.15) is 12.2 Å². The summed E-state index contributed by atoms with van der Waals surface area (Å²) < 4.78 is 4.08. The molecule has 0 aromatic carbocycles. The van der Waals surface area contributed by atoms with Crippen LogP contribution in [0.1, 0.15) is 0 Å². The average Bonchev–Trinajstić information content (AvgIpc) is 2.08. The molecule has 0 spiro atoms. The zero-order valence-electron chi connectivity index (χ0n) is 6.81. The lowest BCUT2D eigenvalue weighted by Crippen LogP contribution is -2.66. The van der Waals surface area contributed by atoms with E-state index in [-0.39, 0.29) is 0 Å². The Kier molecular flexibility index (Phi) is 2.76. The van der Waals surface area contributed by atoms with Crippen molar-refractivity contribution in [1.82, 2.24) is 0 Å². The molecule has 0 unspecified atom stereocenters. The van der Waals surface area contributed by atoms with E-state index in [9.17, 15) is 4.79 Å². The van der Waals surface area contributed by atoms with Crippen molar-refractivity contribution in [2.75, 3.05) is 0 Å². The molecule has 82 valence electrons. The van der Waals surface area contributed by atoms with Crippen molar-refractivity contribution < 1.29 is 40.2 Å². The Morgan fingerprint density at radius 3 is 2.07 bits per heavy atom. The molecule has 1 rings (SSSR count). The third-order valence-electron chi connectivity index (χ3n) is 1.91. The molecule has 6 N–H and O–H groups in total. The molecule has 1 heterocycles. The summed E-state index contributed by atoms with van der Waals surface area (Å²) in [7, 11) is 0. The first-order chi connectivity index (χ1) is 6.27. The molecular weight excluding hydrogens is 200 g/mol. The van der Waals surface area contributed by atoms with Gasteiger partial charge in [-0.1, -0.05) is 0 Å². The van der Waals surface area contributed by atoms with Crippen molar-refractivity contribution in [3.63, 3.8) is 0 Å². The van der Waals surface area contributed by atoms with Crippen LogP contribution in [0.4, 0.5) is 0 Å². The van der Waals surface area contributed by atoms with Crippen molar-refractivity contribution in [2.24, 2.45) is 0 Å². The molecule has 0 aliphatic carbocycles. The normalized spacial score (nSPS) is 42.1. The molecule has 1 saturated heterocycles. The zero-order chi connectivity index (χ0) is 11.1. The topological polar surface area (TPSA) is 148 Å². The standard InChI is InChI=1S/C6H10O8/c7-1-2(8)4(9)6(12,13)14-3(1)5(10)11/h1-4,7-9,12-13H,(H,10,11)/t1-,2-,3-,4+/m0/s1. The van der Waals surface area contributed by atoms with E-state index in [1.807, 2.05) is 0 Å². The van der Waals surface area contributed by atoms with Crippen LogP contribution in [0.15, 0.2) is 0 Å². The first-order valence-electron chi connectivity index (χ1n) is 3.67. The van der Waals surface area contributed by atoms with Gasteiger partial charge in [-0.2, -0.15) is 0 Å². The van der Waals surface area contributed by atoms with E-state index in [0.29, 0.717) is 0 Å². The molecule has 8 heteroatoms. The number of hydrogen-bond donors (Lipinski definition) is 6. The maximum atomic E-state index is 10.4. The third kappa shape index (κ3) is 1.71. The number of ether oxygens (including phenoxy) is 1. The Balaban J connectivity index is 2.90. The molecule has 1 fully saturated rings. The lowest BCUT2D eigenvalue weighted by Gasteiger charge is -2.40. The highest BCUT2D eigenvalue weighted by molar-refractivity contribution is 5.73. The predicted octanol–water partition coefficient (Wildman–Crippen LogP) is -3.81. The summed E-state index contributed by atoms with van der Waals surface area (Å²) in [6.45, 7) is 0. The molecule has 0 saturated carbocycles. The van der Waals surface area contributed by atoms with E-state index in [2.05, 4.69) is 4.74 Å². The van der Waals surface area contributed by atoms with Crippen molar-refractivity contribution >= 4 is 5.97 Å². The highest BCUT2D eigenvalue weighted by Crippen LogP contribution is 2.25. The van der Waals surface area contributed by atoms with E-state index >= 15 is 0 Å². The van der Waals surface area contributed by atoms with Crippen LogP contribution in [0.25, 0.3) is 0 Å². The summed E-state index contributed by atoms with van der Waals surface area (Å²) in [6.07, 6.45) is -8.16. The quantitative estimate of drug-likeness (QED) is 0.241. The van der Waals surface area contributed by atoms with Gasteiger partial charge in [0.2, 0.25) is 0 Å². The van der Waals surface area contributed by atoms with Crippen LogP contribution in [0.3, 0.4) is 0 Å². The number of carboxylic acid groups (broad SMARTS) is 1. The van der Waals surface area contributed by atoms with Crippen LogP contribution < -0.4 is 0 Å². The largest absolute Gasteiger partial charge is 0.479 e. The fourth-order valence-corrected chi connectivity index (χ4v) is 1.11. The highest BCUT2D eigenvalue weighted by atomic mass is 16.8. The van der Waals surface area contributed by atoms with Gasteiger partial charge in [-0.3, -0.25) is 0 Å². The summed E-state index contributed by atoms with van der Waals surface area (Å²) in [5.74, 6) is -4.88. The Hall–Kier alpha value is -0.770. The predicted molar refractivity (Wildman–Crippen MR) is 37.7 cm³/mol. The maximum absolute atomic E-state index is 10.4. The van der Waals surface area contributed by atoms with Crippen molar-refractivity contribution in [3.05, 3.63) is 0 Å². The lowest BCUT2D eigenvalue weighted by atomic mass is 9.98. The first-order valence-corrected chi connectivity index (χ1v) is 3.67. The van der Waals surface area contributed by atoms with Gasteiger partial charge in [-0.25, -0.2) is 4.79 Å². The number of rotatable bonds is 1. The molecule has 1 aliphatic rings. The highest BCUT2D eigenvalue weighted by Gasteiger charge is 2.54. The van der Waals surface area contributed by atoms with Gasteiger partial charge >= 0.3 is 11.9 Å². The molecule has 8 nitrogen and oxygen atoms in total. The SMILES string of the molecule is O=C(O)[C@H]1OC(O)(O)[C@H](O)[C@@H](O)[C@@H]1O. The van der Waals surface area contributed by atoms with Gasteiger partial charge in [-0.05, 0) is 0 Å². The van der Waals surface area contributed by atoms with Crippen LogP contribution >= 0.6 is 0 Å². The lowest BCUT2D eigenvalue weighted by molar-refractivity contribution is -0.428. The molecule has 0 radical (unpaired) electrons. The fourth-order valence-electron chi connectivity index (χ4n) is 1.11. The average molecular weight is 210 g/mol. The Labute approximate surface area is 77.6 Å². The monoisotopic (exact) mass is 210 g/mol. The van der Waals surface area contributed by atoms with Gasteiger partial charge in [0, 0.05) is 0 Å². The first kappa shape index (κ1) is 11.3. The van der Waals surface area contributed by atoms with E-state index in [1.165, 1.54) is 0 Å². The van der Waals surface area contributed by atoms with E-state index in [1.54, 1.807) is 0 Å². The molecule has 0 aromatic rings. The van der Waals surface area contributed by atoms with Crippen molar-refractivity contribution in [3.8, 4) is 0 Å². The van der Waals surface area contributed by atoms with Gasteiger partial charge in [-0.15, -0.1) is 0 Å². The Morgan fingerprint density at radius 1 is 1.14 bits per heavy atom. The minimum absolute atomic E-state index is 1.68. The molecule has 14 heavy (non-hydrogen) atoms. The molecule has 4 atom stereocenters. The number of hydrogen-bond acceptors (Lipinski definition) is 7. The number of aliphatic hydroxyl groups excluding tert-OH is 3. The summed E-state index contributed by atoms with van der Waals surface area (Å²) >= 11 is 0. The van der Waals surface area contributed by atoms with Crippen LogP contribution in [-0.4, -0.2) is 67.0 Å². The van der Waals surface area contributed by atoms with Gasteiger partial charge < -0.3 is 35.4 Å². The van der Waals surface area contributed by atoms with Crippen LogP contribution in [0.2, 0.25) is 0 Å². The van der Waals surface area contributed by atoms with Crippen molar-refractivity contribution in [2.45, 2.75) is 30.4 Å². The second-order valence-corrected chi connectivity index (χ2v) is 2.96. The zero-order valence-corrected chi connectivity index (χ0v) is 6.81. The molecule has 0 bridgehead atoms. The number of carbonyl (C=O) groups is 1. The summed E-state index contributed by atoms with van der Waals surface area (Å²) in [5.41, 5.74) is 0. The minimum atomic E-state index is -3.19. The molecule has 1 aliphatic heterocycles. The number of carboxylic acids is 1. The van der Waals surface area contributed by atoms with Gasteiger partial charge in [0.05, 0.1) is 0 Å². The van der Waals surface area contributed by atoms with Gasteiger partial charge in [0.15, 0.2) is 12.2 Å². The van der Waals surface area contributed by atoms with Crippen LogP contribution in [0.5, 0.6) is 0 Å². The number of aliphatic hydroxyl groups is 5.